The van der Waals surface area contributed by atoms with E-state index in [-0.39, 0.29) is 11.8 Å². The van der Waals surface area contributed by atoms with Crippen molar-refractivity contribution in [2.75, 3.05) is 0 Å². The van der Waals surface area contributed by atoms with E-state index in [1.807, 2.05) is 66.9 Å². The first-order valence-corrected chi connectivity index (χ1v) is 19.7. The zero-order valence-corrected chi connectivity index (χ0v) is 31.5. The molecule has 1 aromatic heterocycles. The summed E-state index contributed by atoms with van der Waals surface area (Å²) < 4.78 is 2.26. The van der Waals surface area contributed by atoms with E-state index in [1.165, 1.54) is 55.5 Å². The van der Waals surface area contributed by atoms with E-state index in [0.29, 0.717) is 5.96 Å². The van der Waals surface area contributed by atoms with Gasteiger partial charge < -0.3 is 0 Å². The first-order chi connectivity index (χ1) is 28.1. The minimum atomic E-state index is -0.487. The molecule has 4 nitrogen and oxygen atoms in total. The van der Waals surface area contributed by atoms with Crippen LogP contribution in [0.5, 0.6) is 0 Å². The van der Waals surface area contributed by atoms with Gasteiger partial charge in [0.05, 0.1) is 16.6 Å². The summed E-state index contributed by atoms with van der Waals surface area (Å²) >= 11 is 0. The number of rotatable bonds is 3. The quantitative estimate of drug-likeness (QED) is 0.139. The summed E-state index contributed by atoms with van der Waals surface area (Å²) in [5.41, 5.74) is 16.9. The van der Waals surface area contributed by atoms with Crippen molar-refractivity contribution in [3.8, 4) is 33.4 Å². The highest BCUT2D eigenvalue weighted by Gasteiger charge is 2.52. The lowest BCUT2D eigenvalue weighted by Crippen LogP contribution is -2.25. The molecule has 0 saturated carbocycles. The van der Waals surface area contributed by atoms with Crippen LogP contribution < -0.4 is 0 Å². The van der Waals surface area contributed by atoms with Gasteiger partial charge in [-0.05, 0) is 85.7 Å². The zero-order chi connectivity index (χ0) is 38.1. The molecule has 0 radical (unpaired) electrons. The third kappa shape index (κ3) is 4.90. The summed E-state index contributed by atoms with van der Waals surface area (Å²) in [6.45, 7) is 2.32. The Hall–Kier alpha value is -7.17. The highest BCUT2D eigenvalue weighted by Crippen LogP contribution is 2.64. The summed E-state index contributed by atoms with van der Waals surface area (Å²) in [6, 6.07) is 60.2. The van der Waals surface area contributed by atoms with Crippen molar-refractivity contribution in [2.45, 2.75) is 24.7 Å². The fourth-order valence-electron chi connectivity index (χ4n) is 9.83. The summed E-state index contributed by atoms with van der Waals surface area (Å²) in [5, 5.41) is 10.8. The SMILES string of the molecule is CC1CC=Cc2c1c1ccc3c(c1n2C(N=Cc1ccccc1)=NC(=N)c1cccc(-c2ccccc2)c1)-c1ccccc1C31c2ccccc2-c2ccccc21. The number of benzene rings is 7. The van der Waals surface area contributed by atoms with Crippen LogP contribution in [-0.4, -0.2) is 22.6 Å². The van der Waals surface area contributed by atoms with Crippen LogP contribution in [0, 0.1) is 5.41 Å². The molecule has 3 aliphatic carbocycles. The molecule has 1 spiro atoms. The topological polar surface area (TPSA) is 53.5 Å². The minimum Gasteiger partial charge on any atom is -0.282 e. The Balaban J connectivity index is 1.22. The average Bonchev–Trinajstić information content (AvgIpc) is 3.88. The second-order valence-electron chi connectivity index (χ2n) is 15.3. The van der Waals surface area contributed by atoms with Crippen LogP contribution in [0.1, 0.15) is 63.9 Å². The van der Waals surface area contributed by atoms with Crippen LogP contribution in [0.4, 0.5) is 0 Å². The van der Waals surface area contributed by atoms with E-state index >= 15 is 0 Å². The monoisotopic (exact) mass is 730 g/mol. The maximum Gasteiger partial charge on any atom is 0.236 e. The van der Waals surface area contributed by atoms with E-state index < -0.39 is 5.41 Å². The summed E-state index contributed by atoms with van der Waals surface area (Å²) in [7, 11) is 0. The Kier molecular flexibility index (Phi) is 7.55. The molecule has 57 heavy (non-hydrogen) atoms. The molecule has 0 bridgehead atoms. The van der Waals surface area contributed by atoms with Gasteiger partial charge in [0.1, 0.15) is 0 Å². The number of hydrogen-bond donors (Lipinski definition) is 1. The number of aromatic nitrogens is 1. The second-order valence-corrected chi connectivity index (χ2v) is 15.3. The van der Waals surface area contributed by atoms with Gasteiger partial charge in [-0.3, -0.25) is 9.98 Å². The van der Waals surface area contributed by atoms with Crippen LogP contribution in [0.25, 0.3) is 50.4 Å². The van der Waals surface area contributed by atoms with Crippen LogP contribution in [0.3, 0.4) is 0 Å². The largest absolute Gasteiger partial charge is 0.282 e. The molecular weight excluding hydrogens is 693 g/mol. The number of nitrogens with one attached hydrogen (secondary N) is 1. The average molecular weight is 731 g/mol. The number of amidine groups is 1. The molecule has 1 atom stereocenters. The summed E-state index contributed by atoms with van der Waals surface area (Å²) in [5.74, 6) is 0.893. The molecule has 0 amide bonds. The third-order valence-corrected chi connectivity index (χ3v) is 12.2. The van der Waals surface area contributed by atoms with Crippen LogP contribution in [0.15, 0.2) is 186 Å². The molecule has 1 unspecified atom stereocenters. The predicted octanol–water partition coefficient (Wildman–Crippen LogP) is 12.5. The van der Waals surface area contributed by atoms with E-state index in [1.54, 1.807) is 0 Å². The van der Waals surface area contributed by atoms with Crippen LogP contribution in [0.2, 0.25) is 0 Å². The normalized spacial score (nSPS) is 15.7. The Morgan fingerprint density at radius 2 is 1.26 bits per heavy atom. The maximum absolute atomic E-state index is 9.56. The van der Waals surface area contributed by atoms with E-state index in [9.17, 15) is 5.41 Å². The van der Waals surface area contributed by atoms with Gasteiger partial charge in [0.2, 0.25) is 5.96 Å². The van der Waals surface area contributed by atoms with Crippen molar-refractivity contribution in [2.24, 2.45) is 9.98 Å². The van der Waals surface area contributed by atoms with E-state index in [0.717, 1.165) is 39.9 Å². The molecule has 7 aromatic carbocycles. The molecule has 3 aliphatic rings. The number of allylic oxidation sites excluding steroid dienone is 1. The zero-order valence-electron chi connectivity index (χ0n) is 31.5. The Morgan fingerprint density at radius 1 is 0.649 bits per heavy atom. The second kappa shape index (κ2) is 13.0. The number of nitrogens with zero attached hydrogens (tertiary/aromatic N) is 3. The fourth-order valence-corrected chi connectivity index (χ4v) is 9.83. The van der Waals surface area contributed by atoms with Crippen molar-refractivity contribution in [3.63, 3.8) is 0 Å². The van der Waals surface area contributed by atoms with Crippen LogP contribution >= 0.6 is 0 Å². The van der Waals surface area contributed by atoms with Crippen molar-refractivity contribution < 1.29 is 0 Å². The van der Waals surface area contributed by atoms with Gasteiger partial charge in [0.25, 0.3) is 0 Å². The van der Waals surface area contributed by atoms with Crippen molar-refractivity contribution in [1.82, 2.24) is 4.57 Å². The highest BCUT2D eigenvalue weighted by molar-refractivity contribution is 6.15. The van der Waals surface area contributed by atoms with Gasteiger partial charge in [-0.1, -0.05) is 177 Å². The minimum absolute atomic E-state index is 0.152. The van der Waals surface area contributed by atoms with Crippen molar-refractivity contribution in [3.05, 3.63) is 221 Å². The first kappa shape index (κ1) is 33.2. The van der Waals surface area contributed by atoms with Gasteiger partial charge >= 0.3 is 0 Å². The van der Waals surface area contributed by atoms with Gasteiger partial charge in [0, 0.05) is 22.7 Å². The maximum atomic E-state index is 9.56. The lowest BCUT2D eigenvalue weighted by molar-refractivity contribution is 0.774. The Labute approximate surface area is 332 Å². The fraction of sp³-hybridized carbons (Fsp3) is 0.0755. The third-order valence-electron chi connectivity index (χ3n) is 12.2. The molecule has 270 valence electrons. The molecule has 1 N–H and O–H groups in total. The van der Waals surface area contributed by atoms with E-state index in [4.69, 9.17) is 9.98 Å². The molecule has 0 aliphatic heterocycles. The number of hydrogen-bond acceptors (Lipinski definition) is 1. The molecule has 8 aromatic rings. The molecule has 1 heterocycles. The van der Waals surface area contributed by atoms with Crippen molar-refractivity contribution >= 4 is 35.0 Å². The van der Waals surface area contributed by atoms with Gasteiger partial charge in [-0.2, -0.15) is 4.99 Å². The van der Waals surface area contributed by atoms with E-state index in [2.05, 4.69) is 133 Å². The first-order valence-electron chi connectivity index (χ1n) is 19.7. The van der Waals surface area contributed by atoms with Gasteiger partial charge in [-0.15, -0.1) is 0 Å². The van der Waals surface area contributed by atoms with Crippen molar-refractivity contribution in [1.29, 1.82) is 5.41 Å². The molecule has 4 heteroatoms. The smallest absolute Gasteiger partial charge is 0.236 e. The van der Waals surface area contributed by atoms with Gasteiger partial charge in [-0.25, -0.2) is 4.99 Å². The molecule has 0 saturated heterocycles. The number of aliphatic imine (C=N–C) groups is 2. The lowest BCUT2D eigenvalue weighted by atomic mass is 9.70. The summed E-state index contributed by atoms with van der Waals surface area (Å²) in [6.07, 6.45) is 7.34. The highest BCUT2D eigenvalue weighted by atomic mass is 15.2. The van der Waals surface area contributed by atoms with Crippen LogP contribution in [-0.2, 0) is 5.41 Å². The molecule has 11 rings (SSSR count). The lowest BCUT2D eigenvalue weighted by Gasteiger charge is -2.30. The number of fused-ring (bicyclic) bond motifs is 14. The van der Waals surface area contributed by atoms with Gasteiger partial charge in [0.15, 0.2) is 5.84 Å². The standard InChI is InChI=1S/C53H38N4/c1-34-16-14-29-47-48(34)42-30-31-46-49(41-25-10-13-28-45(41)53(46)43-26-11-8-23-39(43)40-24-9-12-27-44(40)53)50(42)57(47)52(55-33-35-17-4-2-5-18-35)56-51(54)38-22-15-21-37(32-38)36-19-6-3-7-20-36/h2-15,17-34,54H,16H2,1H3. The molecular formula is C53H38N4. The summed E-state index contributed by atoms with van der Waals surface area (Å²) in [4.78, 5) is 10.4. The Bertz CT molecular complexity index is 2970. The predicted molar refractivity (Wildman–Crippen MR) is 236 cm³/mol. The molecule has 0 fully saturated rings. The Morgan fingerprint density at radius 3 is 1.98 bits per heavy atom.